The SMILES string of the molecule is Clc1cccc(-c2nc(CSc3nnnn3C[C@H]3CCCO3)co2)c1. The quantitative estimate of drug-likeness (QED) is 0.608. The van der Waals surface area contributed by atoms with Crippen LogP contribution in [0, 0.1) is 0 Å². The van der Waals surface area contributed by atoms with Crippen molar-refractivity contribution in [3.63, 3.8) is 0 Å². The first-order valence-corrected chi connectivity index (χ1v) is 9.35. The Morgan fingerprint density at radius 2 is 2.32 bits per heavy atom. The first-order valence-electron chi connectivity index (χ1n) is 7.99. The Labute approximate surface area is 153 Å². The topological polar surface area (TPSA) is 78.9 Å². The monoisotopic (exact) mass is 377 g/mol. The van der Waals surface area contributed by atoms with E-state index in [4.69, 9.17) is 20.8 Å². The van der Waals surface area contributed by atoms with Gasteiger partial charge in [-0.3, -0.25) is 0 Å². The molecular formula is C16H16ClN5O2S. The molecule has 3 heterocycles. The predicted octanol–water partition coefficient (Wildman–Crippen LogP) is 3.45. The van der Waals surface area contributed by atoms with E-state index in [2.05, 4.69) is 20.5 Å². The molecule has 1 aromatic carbocycles. The minimum atomic E-state index is 0.198. The third kappa shape index (κ3) is 4.02. The summed E-state index contributed by atoms with van der Waals surface area (Å²) in [6.45, 7) is 1.50. The molecule has 0 unspecified atom stereocenters. The molecule has 3 aromatic rings. The van der Waals surface area contributed by atoms with E-state index in [1.165, 1.54) is 11.8 Å². The Kier molecular flexibility index (Phi) is 5.00. The minimum absolute atomic E-state index is 0.198. The Hall–Kier alpha value is -1.90. The standard InChI is InChI=1S/C16H16ClN5O2S/c17-12-4-1-3-11(7-12)15-18-13(9-24-15)10-25-16-19-20-21-22(16)8-14-5-2-6-23-14/h1,3-4,7,9,14H,2,5-6,8,10H2/t14-/m1/s1. The highest BCUT2D eigenvalue weighted by Gasteiger charge is 2.19. The number of benzene rings is 1. The second-order valence-corrected chi connectivity index (χ2v) is 7.10. The van der Waals surface area contributed by atoms with Gasteiger partial charge in [-0.05, 0) is 41.5 Å². The minimum Gasteiger partial charge on any atom is -0.444 e. The van der Waals surface area contributed by atoms with Crippen molar-refractivity contribution >= 4 is 23.4 Å². The Morgan fingerprint density at radius 3 is 3.16 bits per heavy atom. The first-order chi connectivity index (χ1) is 12.3. The van der Waals surface area contributed by atoms with Gasteiger partial charge in [0.15, 0.2) is 0 Å². The lowest BCUT2D eigenvalue weighted by Crippen LogP contribution is -2.16. The van der Waals surface area contributed by atoms with Crippen LogP contribution in [0.2, 0.25) is 5.02 Å². The third-order valence-corrected chi connectivity index (χ3v) is 5.10. The summed E-state index contributed by atoms with van der Waals surface area (Å²) in [6, 6.07) is 7.43. The summed E-state index contributed by atoms with van der Waals surface area (Å²) >= 11 is 7.53. The van der Waals surface area contributed by atoms with Crippen molar-refractivity contribution < 1.29 is 9.15 Å². The van der Waals surface area contributed by atoms with Gasteiger partial charge in [-0.15, -0.1) is 5.10 Å². The summed E-state index contributed by atoms with van der Waals surface area (Å²) in [5.74, 6) is 1.17. The number of ether oxygens (including phenoxy) is 1. The van der Waals surface area contributed by atoms with Crippen LogP contribution in [0.1, 0.15) is 18.5 Å². The molecule has 130 valence electrons. The summed E-state index contributed by atoms with van der Waals surface area (Å²) in [5, 5.41) is 13.3. The van der Waals surface area contributed by atoms with Gasteiger partial charge >= 0.3 is 0 Å². The Morgan fingerprint density at radius 1 is 1.36 bits per heavy atom. The predicted molar refractivity (Wildman–Crippen MR) is 93.3 cm³/mol. The van der Waals surface area contributed by atoms with Gasteiger partial charge in [0.25, 0.3) is 0 Å². The van der Waals surface area contributed by atoms with Gasteiger partial charge in [0, 0.05) is 22.9 Å². The van der Waals surface area contributed by atoms with Crippen LogP contribution in [0.5, 0.6) is 0 Å². The number of thioether (sulfide) groups is 1. The van der Waals surface area contributed by atoms with Gasteiger partial charge in [-0.25, -0.2) is 9.67 Å². The normalized spacial score (nSPS) is 17.2. The number of nitrogens with zero attached hydrogens (tertiary/aromatic N) is 5. The lowest BCUT2D eigenvalue weighted by molar-refractivity contribution is 0.0912. The summed E-state index contributed by atoms with van der Waals surface area (Å²) in [5.41, 5.74) is 1.68. The molecule has 4 rings (SSSR count). The maximum Gasteiger partial charge on any atom is 0.226 e. The highest BCUT2D eigenvalue weighted by Crippen LogP contribution is 2.25. The number of halogens is 1. The fourth-order valence-electron chi connectivity index (χ4n) is 2.66. The number of oxazole rings is 1. The van der Waals surface area contributed by atoms with Crippen LogP contribution < -0.4 is 0 Å². The molecule has 2 aromatic heterocycles. The number of aromatic nitrogens is 5. The van der Waals surface area contributed by atoms with Gasteiger partial charge in [-0.2, -0.15) is 0 Å². The zero-order valence-corrected chi connectivity index (χ0v) is 14.9. The molecule has 0 N–H and O–H groups in total. The highest BCUT2D eigenvalue weighted by molar-refractivity contribution is 7.98. The maximum atomic E-state index is 6.01. The highest BCUT2D eigenvalue weighted by atomic mass is 35.5. The molecule has 25 heavy (non-hydrogen) atoms. The zero-order chi connectivity index (χ0) is 17.1. The van der Waals surface area contributed by atoms with E-state index < -0.39 is 0 Å². The van der Waals surface area contributed by atoms with Crippen LogP contribution in [0.25, 0.3) is 11.5 Å². The van der Waals surface area contributed by atoms with Crippen molar-refractivity contribution in [1.29, 1.82) is 0 Å². The van der Waals surface area contributed by atoms with E-state index in [0.717, 1.165) is 35.9 Å². The van der Waals surface area contributed by atoms with Crippen molar-refractivity contribution in [2.24, 2.45) is 0 Å². The van der Waals surface area contributed by atoms with Gasteiger partial charge in [0.1, 0.15) is 6.26 Å². The summed E-state index contributed by atoms with van der Waals surface area (Å²) < 4.78 is 13.0. The lowest BCUT2D eigenvalue weighted by Gasteiger charge is -2.09. The van der Waals surface area contributed by atoms with E-state index in [0.29, 0.717) is 23.2 Å². The van der Waals surface area contributed by atoms with Crippen molar-refractivity contribution in [1.82, 2.24) is 25.2 Å². The van der Waals surface area contributed by atoms with Crippen LogP contribution in [0.4, 0.5) is 0 Å². The maximum absolute atomic E-state index is 6.01. The van der Waals surface area contributed by atoms with Crippen LogP contribution >= 0.6 is 23.4 Å². The van der Waals surface area contributed by atoms with Crippen molar-refractivity contribution in [3.8, 4) is 11.5 Å². The molecule has 1 aliphatic heterocycles. The summed E-state index contributed by atoms with van der Waals surface area (Å²) in [4.78, 5) is 4.51. The Bertz CT molecular complexity index is 846. The van der Waals surface area contributed by atoms with Gasteiger partial charge in [0.05, 0.1) is 18.3 Å². The van der Waals surface area contributed by atoms with Crippen LogP contribution in [0.3, 0.4) is 0 Å². The van der Waals surface area contributed by atoms with Gasteiger partial charge in [-0.1, -0.05) is 29.4 Å². The Balaban J connectivity index is 1.40. The largest absolute Gasteiger partial charge is 0.444 e. The fraction of sp³-hybridized carbons (Fsp3) is 0.375. The molecule has 0 saturated carbocycles. The molecule has 0 bridgehead atoms. The number of hydrogen-bond donors (Lipinski definition) is 0. The van der Waals surface area contributed by atoms with Gasteiger partial charge in [0.2, 0.25) is 11.0 Å². The molecule has 1 aliphatic rings. The smallest absolute Gasteiger partial charge is 0.226 e. The van der Waals surface area contributed by atoms with Crippen LogP contribution in [-0.2, 0) is 17.0 Å². The molecule has 9 heteroatoms. The molecule has 1 atom stereocenters. The summed E-state index contributed by atoms with van der Waals surface area (Å²) in [6.07, 6.45) is 4.00. The lowest BCUT2D eigenvalue weighted by atomic mass is 10.2. The van der Waals surface area contributed by atoms with Crippen molar-refractivity contribution in [2.75, 3.05) is 6.61 Å². The average molecular weight is 378 g/mol. The van der Waals surface area contributed by atoms with E-state index in [1.54, 1.807) is 10.9 Å². The molecule has 7 nitrogen and oxygen atoms in total. The molecule has 1 fully saturated rings. The van der Waals surface area contributed by atoms with E-state index in [9.17, 15) is 0 Å². The second kappa shape index (κ2) is 7.55. The average Bonchev–Trinajstić information content (AvgIpc) is 3.36. The molecular weight excluding hydrogens is 362 g/mol. The van der Waals surface area contributed by atoms with E-state index in [1.807, 2.05) is 24.3 Å². The molecule has 1 saturated heterocycles. The molecule has 0 radical (unpaired) electrons. The first kappa shape index (κ1) is 16.6. The van der Waals surface area contributed by atoms with Crippen molar-refractivity contribution in [2.45, 2.75) is 36.4 Å². The second-order valence-electron chi connectivity index (χ2n) is 5.72. The molecule has 0 amide bonds. The number of hydrogen-bond acceptors (Lipinski definition) is 7. The molecule has 0 spiro atoms. The fourth-order valence-corrected chi connectivity index (χ4v) is 3.62. The summed E-state index contributed by atoms with van der Waals surface area (Å²) in [7, 11) is 0. The molecule has 0 aliphatic carbocycles. The number of rotatable bonds is 6. The third-order valence-electron chi connectivity index (χ3n) is 3.87. The van der Waals surface area contributed by atoms with E-state index >= 15 is 0 Å². The van der Waals surface area contributed by atoms with E-state index in [-0.39, 0.29) is 6.10 Å². The van der Waals surface area contributed by atoms with Crippen molar-refractivity contribution in [3.05, 3.63) is 41.2 Å². The van der Waals surface area contributed by atoms with Gasteiger partial charge < -0.3 is 9.15 Å². The zero-order valence-electron chi connectivity index (χ0n) is 13.3. The van der Waals surface area contributed by atoms with Crippen LogP contribution in [-0.4, -0.2) is 37.9 Å². The van der Waals surface area contributed by atoms with Crippen LogP contribution in [0.15, 0.2) is 40.1 Å². The number of tetrazole rings is 1.